The molecule has 0 fully saturated rings. The Morgan fingerprint density at radius 2 is 2.00 bits per heavy atom. The zero-order valence-electron chi connectivity index (χ0n) is 7.27. The highest BCUT2D eigenvalue weighted by Gasteiger charge is 2.02. The van der Waals surface area contributed by atoms with Crippen molar-refractivity contribution in [3.05, 3.63) is 35.4 Å². The summed E-state index contributed by atoms with van der Waals surface area (Å²) in [6.07, 6.45) is 1.36. The van der Waals surface area contributed by atoms with Crippen LogP contribution in [0.1, 0.15) is 5.56 Å². The van der Waals surface area contributed by atoms with Crippen LogP contribution in [-0.2, 0) is 4.79 Å². The second-order valence-electron chi connectivity index (χ2n) is 2.63. The Morgan fingerprint density at radius 1 is 1.43 bits per heavy atom. The second kappa shape index (κ2) is 4.10. The maximum Gasteiger partial charge on any atom is 0.259 e. The molecule has 0 heterocycles. The first-order valence-electron chi connectivity index (χ1n) is 3.84. The van der Waals surface area contributed by atoms with Crippen LogP contribution in [-0.4, -0.2) is 11.0 Å². The van der Waals surface area contributed by atoms with Gasteiger partial charge in [-0.25, -0.2) is 0 Å². The Hall–Kier alpha value is -2.28. The average Bonchev–Trinajstić information content (AvgIpc) is 2.16. The van der Waals surface area contributed by atoms with Crippen LogP contribution in [0.2, 0.25) is 0 Å². The van der Waals surface area contributed by atoms with Crippen LogP contribution in [0.15, 0.2) is 29.8 Å². The van der Waals surface area contributed by atoms with E-state index in [1.807, 2.05) is 0 Å². The Balaban J connectivity index is 3.03. The number of phenolic OH excluding ortho intramolecular Hbond substituents is 1. The minimum absolute atomic E-state index is 0.115. The van der Waals surface area contributed by atoms with Crippen molar-refractivity contribution in [3.63, 3.8) is 0 Å². The third kappa shape index (κ3) is 2.35. The van der Waals surface area contributed by atoms with Gasteiger partial charge in [0.25, 0.3) is 5.91 Å². The minimum atomic E-state index is -0.763. The number of rotatable bonds is 2. The molecule has 0 saturated carbocycles. The van der Waals surface area contributed by atoms with Crippen molar-refractivity contribution in [1.82, 2.24) is 0 Å². The van der Waals surface area contributed by atoms with E-state index in [1.54, 1.807) is 18.2 Å². The van der Waals surface area contributed by atoms with E-state index in [4.69, 9.17) is 16.1 Å². The molecule has 0 aliphatic heterocycles. The molecule has 4 nitrogen and oxygen atoms in total. The molecule has 0 bridgehead atoms. The van der Waals surface area contributed by atoms with E-state index in [-0.39, 0.29) is 11.3 Å². The number of carbonyl (C=O) groups excluding carboxylic acids is 1. The molecule has 0 spiro atoms. The van der Waals surface area contributed by atoms with Gasteiger partial charge < -0.3 is 10.8 Å². The predicted molar refractivity (Wildman–Crippen MR) is 50.9 cm³/mol. The van der Waals surface area contributed by atoms with Crippen LogP contribution >= 0.6 is 0 Å². The highest BCUT2D eigenvalue weighted by Crippen LogP contribution is 2.12. The fourth-order valence-electron chi connectivity index (χ4n) is 0.896. The Bertz CT molecular complexity index is 413. The number of primary amides is 1. The maximum atomic E-state index is 10.7. The third-order valence-electron chi connectivity index (χ3n) is 1.59. The van der Waals surface area contributed by atoms with Crippen LogP contribution in [0.5, 0.6) is 5.75 Å². The number of phenols is 1. The van der Waals surface area contributed by atoms with Gasteiger partial charge in [0.1, 0.15) is 17.4 Å². The molecule has 4 heteroatoms. The second-order valence-corrected chi connectivity index (χ2v) is 2.63. The van der Waals surface area contributed by atoms with Crippen molar-refractivity contribution in [2.24, 2.45) is 5.73 Å². The normalized spacial score (nSPS) is 10.6. The van der Waals surface area contributed by atoms with Crippen molar-refractivity contribution in [1.29, 1.82) is 5.26 Å². The average molecular weight is 188 g/mol. The lowest BCUT2D eigenvalue weighted by Gasteiger charge is -1.95. The molecular weight excluding hydrogens is 180 g/mol. The van der Waals surface area contributed by atoms with E-state index in [1.165, 1.54) is 18.2 Å². The molecule has 14 heavy (non-hydrogen) atoms. The Morgan fingerprint density at radius 3 is 2.43 bits per heavy atom. The van der Waals surface area contributed by atoms with E-state index >= 15 is 0 Å². The van der Waals surface area contributed by atoms with Gasteiger partial charge in [0.15, 0.2) is 0 Å². The molecule has 0 aromatic heterocycles. The lowest BCUT2D eigenvalue weighted by molar-refractivity contribution is -0.114. The van der Waals surface area contributed by atoms with Crippen LogP contribution in [0.4, 0.5) is 0 Å². The molecule has 0 aliphatic carbocycles. The topological polar surface area (TPSA) is 87.1 Å². The molecule has 1 rings (SSSR count). The Labute approximate surface area is 80.9 Å². The van der Waals surface area contributed by atoms with Gasteiger partial charge in [0.2, 0.25) is 0 Å². The monoisotopic (exact) mass is 188 g/mol. The number of benzene rings is 1. The summed E-state index contributed by atoms with van der Waals surface area (Å²) in [5, 5.41) is 17.5. The lowest BCUT2D eigenvalue weighted by atomic mass is 10.1. The summed E-state index contributed by atoms with van der Waals surface area (Å²) in [5.74, 6) is -0.639. The molecule has 1 aromatic rings. The molecule has 1 amide bonds. The molecule has 3 N–H and O–H groups in total. The summed E-state index contributed by atoms with van der Waals surface area (Å²) in [6.45, 7) is 0. The number of nitrogens with zero attached hydrogens (tertiary/aromatic N) is 1. The van der Waals surface area contributed by atoms with Gasteiger partial charge >= 0.3 is 0 Å². The molecule has 70 valence electrons. The van der Waals surface area contributed by atoms with Crippen molar-refractivity contribution < 1.29 is 9.90 Å². The first kappa shape index (κ1) is 9.81. The van der Waals surface area contributed by atoms with Crippen LogP contribution < -0.4 is 5.73 Å². The Kier molecular flexibility index (Phi) is 2.87. The zero-order chi connectivity index (χ0) is 10.6. The van der Waals surface area contributed by atoms with E-state index in [2.05, 4.69) is 0 Å². The summed E-state index contributed by atoms with van der Waals surface area (Å²) in [6, 6.07) is 7.77. The van der Waals surface area contributed by atoms with E-state index < -0.39 is 5.91 Å². The first-order valence-corrected chi connectivity index (χ1v) is 3.84. The van der Waals surface area contributed by atoms with Crippen molar-refractivity contribution in [3.8, 4) is 11.8 Å². The highest BCUT2D eigenvalue weighted by atomic mass is 16.3. The van der Waals surface area contributed by atoms with Gasteiger partial charge in [-0.15, -0.1) is 0 Å². The number of nitriles is 1. The van der Waals surface area contributed by atoms with Gasteiger partial charge in [-0.05, 0) is 23.8 Å². The summed E-state index contributed by atoms with van der Waals surface area (Å²) in [7, 11) is 0. The number of nitrogens with two attached hydrogens (primary N) is 1. The lowest BCUT2D eigenvalue weighted by Crippen LogP contribution is -2.12. The molecule has 1 aromatic carbocycles. The first-order chi connectivity index (χ1) is 6.63. The van der Waals surface area contributed by atoms with Crippen molar-refractivity contribution in [2.75, 3.05) is 0 Å². The molecule has 0 atom stereocenters. The quantitative estimate of drug-likeness (QED) is 0.531. The molecule has 0 radical (unpaired) electrons. The minimum Gasteiger partial charge on any atom is -0.508 e. The van der Waals surface area contributed by atoms with Gasteiger partial charge in [-0.2, -0.15) is 5.26 Å². The van der Waals surface area contributed by atoms with Gasteiger partial charge in [-0.1, -0.05) is 12.1 Å². The maximum absolute atomic E-state index is 10.7. The van der Waals surface area contributed by atoms with Gasteiger partial charge in [0, 0.05) is 0 Å². The SMILES string of the molecule is N#CC(=Cc1ccc(O)cc1)C(N)=O. The van der Waals surface area contributed by atoms with E-state index in [0.717, 1.165) is 0 Å². The van der Waals surface area contributed by atoms with Crippen LogP contribution in [0, 0.1) is 11.3 Å². The fourth-order valence-corrected chi connectivity index (χ4v) is 0.896. The number of carbonyl (C=O) groups is 1. The third-order valence-corrected chi connectivity index (χ3v) is 1.59. The zero-order valence-corrected chi connectivity index (χ0v) is 7.27. The highest BCUT2D eigenvalue weighted by molar-refractivity contribution is 6.00. The van der Waals surface area contributed by atoms with E-state index in [0.29, 0.717) is 5.56 Å². The van der Waals surface area contributed by atoms with Gasteiger partial charge in [0.05, 0.1) is 0 Å². The molecule has 0 saturated heterocycles. The standard InChI is InChI=1S/C10H8N2O2/c11-6-8(10(12)14)5-7-1-3-9(13)4-2-7/h1-5,13H,(H2,12,14). The van der Waals surface area contributed by atoms with Crippen LogP contribution in [0.3, 0.4) is 0 Å². The summed E-state index contributed by atoms with van der Waals surface area (Å²) in [4.78, 5) is 10.7. The predicted octanol–water partition coefficient (Wildman–Crippen LogP) is 0.784. The molecular formula is C10H8N2O2. The fraction of sp³-hybridized carbons (Fsp3) is 0. The number of aromatic hydroxyl groups is 1. The number of hydrogen-bond donors (Lipinski definition) is 2. The van der Waals surface area contributed by atoms with Crippen LogP contribution in [0.25, 0.3) is 6.08 Å². The molecule has 0 aliphatic rings. The number of amides is 1. The van der Waals surface area contributed by atoms with Crippen molar-refractivity contribution >= 4 is 12.0 Å². The summed E-state index contributed by atoms with van der Waals surface area (Å²) < 4.78 is 0. The van der Waals surface area contributed by atoms with Crippen molar-refractivity contribution in [2.45, 2.75) is 0 Å². The molecule has 0 unspecified atom stereocenters. The summed E-state index contributed by atoms with van der Waals surface area (Å²) in [5.41, 5.74) is 5.47. The largest absolute Gasteiger partial charge is 0.508 e. The van der Waals surface area contributed by atoms with E-state index in [9.17, 15) is 4.79 Å². The van der Waals surface area contributed by atoms with Gasteiger partial charge in [-0.3, -0.25) is 4.79 Å². The number of hydrogen-bond acceptors (Lipinski definition) is 3. The summed E-state index contributed by atoms with van der Waals surface area (Å²) >= 11 is 0. The smallest absolute Gasteiger partial charge is 0.259 e.